The van der Waals surface area contributed by atoms with Gasteiger partial charge in [0.05, 0.1) is 18.7 Å². The lowest BCUT2D eigenvalue weighted by molar-refractivity contribution is -0.132. The van der Waals surface area contributed by atoms with E-state index in [1.807, 2.05) is 106 Å². The van der Waals surface area contributed by atoms with Gasteiger partial charge in [-0.1, -0.05) is 74.5 Å². The number of hydrogen-bond donors (Lipinski definition) is 1. The first-order valence-electron chi connectivity index (χ1n) is 13.6. The highest BCUT2D eigenvalue weighted by Crippen LogP contribution is 2.44. The lowest BCUT2D eigenvalue weighted by Gasteiger charge is -2.26. The van der Waals surface area contributed by atoms with E-state index in [4.69, 9.17) is 9.47 Å². The van der Waals surface area contributed by atoms with Gasteiger partial charge < -0.3 is 14.6 Å². The van der Waals surface area contributed by atoms with E-state index in [2.05, 4.69) is 0 Å². The number of benzene rings is 4. The fourth-order valence-corrected chi connectivity index (χ4v) is 5.24. The summed E-state index contributed by atoms with van der Waals surface area (Å²) in [7, 11) is 1.61. The summed E-state index contributed by atoms with van der Waals surface area (Å²) >= 11 is 0. The molecule has 0 aliphatic carbocycles. The van der Waals surface area contributed by atoms with Crippen LogP contribution in [0.5, 0.6) is 11.5 Å². The molecule has 1 unspecified atom stereocenters. The SMILES string of the molecule is COc1cc(C)c(/C(O)=C2\C(=O)C(=O)N(c3ccccc3)C2c2cccc(OCc3ccccc3)c2)cc1C(C)C. The van der Waals surface area contributed by atoms with E-state index in [0.29, 0.717) is 34.9 Å². The lowest BCUT2D eigenvalue weighted by atomic mass is 9.91. The van der Waals surface area contributed by atoms with Crippen molar-refractivity contribution in [3.63, 3.8) is 0 Å². The van der Waals surface area contributed by atoms with Gasteiger partial charge >= 0.3 is 0 Å². The standard InChI is InChI=1S/C35H33NO5/c1-22(2)28-20-29(23(3)18-30(28)40-4)33(37)31-32(36(35(39)34(31)38)26-15-9-6-10-16-26)25-14-11-17-27(19-25)41-21-24-12-7-5-8-13-24/h5-20,22,32,37H,21H2,1-4H3/b33-31+. The van der Waals surface area contributed by atoms with Gasteiger partial charge in [0.2, 0.25) is 0 Å². The maximum absolute atomic E-state index is 13.7. The molecule has 41 heavy (non-hydrogen) atoms. The quantitative estimate of drug-likeness (QED) is 0.142. The zero-order valence-corrected chi connectivity index (χ0v) is 23.6. The molecule has 0 radical (unpaired) electrons. The summed E-state index contributed by atoms with van der Waals surface area (Å²) in [6, 6.07) is 29.0. The van der Waals surface area contributed by atoms with Gasteiger partial charge in [0, 0.05) is 11.3 Å². The normalized spacial score (nSPS) is 16.3. The van der Waals surface area contributed by atoms with Crippen LogP contribution in [-0.2, 0) is 16.2 Å². The first-order valence-corrected chi connectivity index (χ1v) is 13.6. The van der Waals surface area contributed by atoms with Gasteiger partial charge in [0.1, 0.15) is 23.9 Å². The number of nitrogens with zero attached hydrogens (tertiary/aromatic N) is 1. The second-order valence-electron chi connectivity index (χ2n) is 10.4. The van der Waals surface area contributed by atoms with Crippen molar-refractivity contribution in [3.05, 3.63) is 130 Å². The second kappa shape index (κ2) is 11.7. The van der Waals surface area contributed by atoms with Crippen molar-refractivity contribution in [3.8, 4) is 11.5 Å². The van der Waals surface area contributed by atoms with Gasteiger partial charge in [-0.15, -0.1) is 0 Å². The van der Waals surface area contributed by atoms with Gasteiger partial charge in [-0.25, -0.2) is 0 Å². The third-order valence-electron chi connectivity index (χ3n) is 7.35. The van der Waals surface area contributed by atoms with Crippen molar-refractivity contribution in [2.24, 2.45) is 0 Å². The van der Waals surface area contributed by atoms with Crippen molar-refractivity contribution in [1.82, 2.24) is 0 Å². The Morgan fingerprint density at radius 1 is 0.902 bits per heavy atom. The molecule has 0 spiro atoms. The summed E-state index contributed by atoms with van der Waals surface area (Å²) in [4.78, 5) is 28.7. The molecule has 4 aromatic carbocycles. The molecule has 1 saturated heterocycles. The second-order valence-corrected chi connectivity index (χ2v) is 10.4. The Balaban J connectivity index is 1.65. The first-order chi connectivity index (χ1) is 19.8. The van der Waals surface area contributed by atoms with Crippen LogP contribution in [0.2, 0.25) is 0 Å². The lowest BCUT2D eigenvalue weighted by Crippen LogP contribution is -2.29. The van der Waals surface area contributed by atoms with Crippen LogP contribution in [0.1, 0.15) is 53.6 Å². The molecule has 208 valence electrons. The van der Waals surface area contributed by atoms with Crippen LogP contribution in [0.25, 0.3) is 5.76 Å². The number of amides is 1. The summed E-state index contributed by atoms with van der Waals surface area (Å²) < 4.78 is 11.7. The van der Waals surface area contributed by atoms with Crippen LogP contribution in [-0.4, -0.2) is 23.9 Å². The topological polar surface area (TPSA) is 76.1 Å². The van der Waals surface area contributed by atoms with Crippen LogP contribution in [0.15, 0.2) is 103 Å². The number of ketones is 1. The molecule has 1 amide bonds. The number of rotatable bonds is 8. The third kappa shape index (κ3) is 5.46. The molecule has 4 aromatic rings. The van der Waals surface area contributed by atoms with Crippen LogP contribution in [0.4, 0.5) is 5.69 Å². The minimum Gasteiger partial charge on any atom is -0.507 e. The number of hydrogen-bond acceptors (Lipinski definition) is 5. The Morgan fingerprint density at radius 3 is 2.24 bits per heavy atom. The van der Waals surface area contributed by atoms with E-state index < -0.39 is 17.7 Å². The molecule has 1 aliphatic heterocycles. The summed E-state index contributed by atoms with van der Waals surface area (Å²) in [5, 5.41) is 11.8. The molecule has 1 fully saturated rings. The number of para-hydroxylation sites is 1. The van der Waals surface area contributed by atoms with E-state index in [9.17, 15) is 14.7 Å². The molecule has 1 heterocycles. The van der Waals surface area contributed by atoms with Gasteiger partial charge in [-0.3, -0.25) is 14.5 Å². The minimum absolute atomic E-state index is 0.0297. The van der Waals surface area contributed by atoms with E-state index in [0.717, 1.165) is 16.7 Å². The van der Waals surface area contributed by atoms with Crippen molar-refractivity contribution in [2.75, 3.05) is 12.0 Å². The molecule has 0 bridgehead atoms. The fraction of sp³-hybridized carbons (Fsp3) is 0.200. The van der Waals surface area contributed by atoms with E-state index in [1.165, 1.54) is 4.90 Å². The molecular weight excluding hydrogens is 514 g/mol. The Labute approximate surface area is 240 Å². The fourth-order valence-electron chi connectivity index (χ4n) is 5.24. The van der Waals surface area contributed by atoms with Gasteiger partial charge in [0.25, 0.3) is 11.7 Å². The number of aliphatic hydroxyl groups excluding tert-OH is 1. The molecule has 0 saturated carbocycles. The zero-order chi connectivity index (χ0) is 29.1. The number of carbonyl (C=O) groups excluding carboxylic acids is 2. The average Bonchev–Trinajstić information content (AvgIpc) is 3.26. The van der Waals surface area contributed by atoms with E-state index in [-0.39, 0.29) is 17.3 Å². The smallest absolute Gasteiger partial charge is 0.300 e. The predicted molar refractivity (Wildman–Crippen MR) is 160 cm³/mol. The molecule has 1 N–H and O–H groups in total. The number of Topliss-reactive ketones (excluding diaryl/α,β-unsaturated/α-hetero) is 1. The minimum atomic E-state index is -0.860. The highest BCUT2D eigenvalue weighted by molar-refractivity contribution is 6.51. The number of aryl methyl sites for hydroxylation is 1. The average molecular weight is 548 g/mol. The van der Waals surface area contributed by atoms with Crippen molar-refractivity contribution in [1.29, 1.82) is 0 Å². The Morgan fingerprint density at radius 2 is 1.59 bits per heavy atom. The molecule has 1 atom stereocenters. The van der Waals surface area contributed by atoms with Gasteiger partial charge in [-0.05, 0) is 71.5 Å². The number of aliphatic hydroxyl groups is 1. The number of carbonyl (C=O) groups is 2. The van der Waals surface area contributed by atoms with Crippen LogP contribution in [0.3, 0.4) is 0 Å². The Hall–Kier alpha value is -4.84. The van der Waals surface area contributed by atoms with Gasteiger partial charge in [0.15, 0.2) is 0 Å². The van der Waals surface area contributed by atoms with Crippen LogP contribution < -0.4 is 14.4 Å². The number of methoxy groups -OCH3 is 1. The van der Waals surface area contributed by atoms with Gasteiger partial charge in [-0.2, -0.15) is 0 Å². The summed E-state index contributed by atoms with van der Waals surface area (Å²) in [6.07, 6.45) is 0. The summed E-state index contributed by atoms with van der Waals surface area (Å²) in [5.74, 6) is -0.254. The Kier molecular flexibility index (Phi) is 7.92. The molecule has 0 aromatic heterocycles. The monoisotopic (exact) mass is 547 g/mol. The van der Waals surface area contributed by atoms with Crippen LogP contribution in [0, 0.1) is 6.92 Å². The zero-order valence-electron chi connectivity index (χ0n) is 23.6. The van der Waals surface area contributed by atoms with E-state index in [1.54, 1.807) is 19.2 Å². The summed E-state index contributed by atoms with van der Waals surface area (Å²) in [5.41, 5.74) is 4.37. The van der Waals surface area contributed by atoms with Crippen LogP contribution >= 0.6 is 0 Å². The molecular formula is C35H33NO5. The number of anilines is 1. The highest BCUT2D eigenvalue weighted by atomic mass is 16.5. The third-order valence-corrected chi connectivity index (χ3v) is 7.35. The Bertz CT molecular complexity index is 1610. The largest absolute Gasteiger partial charge is 0.507 e. The first kappa shape index (κ1) is 27.7. The van der Waals surface area contributed by atoms with Crippen molar-refractivity contribution < 1.29 is 24.2 Å². The predicted octanol–water partition coefficient (Wildman–Crippen LogP) is 7.33. The highest BCUT2D eigenvalue weighted by Gasteiger charge is 2.47. The summed E-state index contributed by atoms with van der Waals surface area (Å²) in [6.45, 7) is 6.28. The maximum atomic E-state index is 13.7. The maximum Gasteiger partial charge on any atom is 0.300 e. The molecule has 6 nitrogen and oxygen atoms in total. The molecule has 1 aliphatic rings. The van der Waals surface area contributed by atoms with Crippen molar-refractivity contribution >= 4 is 23.1 Å². The van der Waals surface area contributed by atoms with Crippen molar-refractivity contribution in [2.45, 2.75) is 39.3 Å². The molecule has 6 heteroatoms. The van der Waals surface area contributed by atoms with E-state index >= 15 is 0 Å². The number of ether oxygens (including phenoxy) is 2. The molecule has 5 rings (SSSR count).